The van der Waals surface area contributed by atoms with Crippen molar-refractivity contribution in [3.8, 4) is 0 Å². The summed E-state index contributed by atoms with van der Waals surface area (Å²) in [5.74, 6) is 0.791. The van der Waals surface area contributed by atoms with Crippen LogP contribution in [-0.4, -0.2) is 74.8 Å². The van der Waals surface area contributed by atoms with Crippen molar-refractivity contribution in [3.05, 3.63) is 48.7 Å². The number of anilines is 2. The second kappa shape index (κ2) is 8.89. The molecule has 2 aromatic rings. The van der Waals surface area contributed by atoms with Gasteiger partial charge < -0.3 is 10.2 Å². The van der Waals surface area contributed by atoms with E-state index in [0.29, 0.717) is 5.69 Å². The van der Waals surface area contributed by atoms with Gasteiger partial charge in [0.2, 0.25) is 15.9 Å². The van der Waals surface area contributed by atoms with Crippen molar-refractivity contribution in [2.45, 2.75) is 17.9 Å². The average Bonchev–Trinajstić information content (AvgIpc) is 2.74. The van der Waals surface area contributed by atoms with Crippen molar-refractivity contribution in [1.82, 2.24) is 14.2 Å². The van der Waals surface area contributed by atoms with E-state index >= 15 is 0 Å². The second-order valence-electron chi connectivity index (χ2n) is 7.19. The number of carbonyl (C=O) groups excluding carboxylic acids is 1. The van der Waals surface area contributed by atoms with Crippen LogP contribution < -0.4 is 10.2 Å². The van der Waals surface area contributed by atoms with Gasteiger partial charge in [-0.3, -0.25) is 9.69 Å². The van der Waals surface area contributed by atoms with Gasteiger partial charge in [-0.1, -0.05) is 12.1 Å². The molecule has 3 rings (SSSR count). The van der Waals surface area contributed by atoms with Crippen molar-refractivity contribution in [2.24, 2.45) is 0 Å². The lowest BCUT2D eigenvalue weighted by atomic mass is 10.2. The van der Waals surface area contributed by atoms with Gasteiger partial charge in [0.15, 0.2) is 0 Å². The van der Waals surface area contributed by atoms with E-state index in [4.69, 9.17) is 0 Å². The Morgan fingerprint density at radius 2 is 1.83 bits per heavy atom. The van der Waals surface area contributed by atoms with E-state index < -0.39 is 10.0 Å². The van der Waals surface area contributed by atoms with Gasteiger partial charge in [0.25, 0.3) is 0 Å². The van der Waals surface area contributed by atoms with Crippen LogP contribution in [-0.2, 0) is 14.8 Å². The maximum absolute atomic E-state index is 12.7. The number of nitrogens with zero attached hydrogens (tertiary/aromatic N) is 4. The summed E-state index contributed by atoms with van der Waals surface area (Å²) < 4.78 is 25.7. The number of sulfonamides is 1. The van der Waals surface area contributed by atoms with E-state index in [9.17, 15) is 13.2 Å². The smallest absolute Gasteiger partial charge is 0.242 e. The third-order valence-electron chi connectivity index (χ3n) is 5.09. The molecule has 1 aromatic carbocycles. The quantitative estimate of drug-likeness (QED) is 0.766. The summed E-state index contributed by atoms with van der Waals surface area (Å²) in [6.45, 7) is 4.96. The monoisotopic (exact) mass is 417 g/mol. The molecule has 1 N–H and O–H groups in total. The number of piperazine rings is 1. The minimum atomic E-state index is -3.55. The summed E-state index contributed by atoms with van der Waals surface area (Å²) in [6, 6.07) is 11.8. The summed E-state index contributed by atoms with van der Waals surface area (Å²) >= 11 is 0. The lowest BCUT2D eigenvalue weighted by Crippen LogP contribution is -2.53. The van der Waals surface area contributed by atoms with E-state index in [2.05, 4.69) is 20.1 Å². The van der Waals surface area contributed by atoms with Crippen molar-refractivity contribution in [1.29, 1.82) is 0 Å². The minimum Gasteiger partial charge on any atom is -0.354 e. The lowest BCUT2D eigenvalue weighted by molar-refractivity contribution is -0.120. The fourth-order valence-electron chi connectivity index (χ4n) is 3.24. The molecule has 1 aromatic heterocycles. The summed E-state index contributed by atoms with van der Waals surface area (Å²) in [4.78, 5) is 21.6. The summed E-state index contributed by atoms with van der Waals surface area (Å²) in [7, 11) is -0.589. The topological polar surface area (TPSA) is 85.8 Å². The van der Waals surface area contributed by atoms with Crippen molar-refractivity contribution < 1.29 is 13.2 Å². The first-order valence-corrected chi connectivity index (χ1v) is 11.0. The molecule has 0 aliphatic carbocycles. The highest BCUT2D eigenvalue weighted by molar-refractivity contribution is 7.89. The predicted octanol–water partition coefficient (Wildman–Crippen LogP) is 1.48. The molecule has 1 fully saturated rings. The average molecular weight is 418 g/mol. The summed E-state index contributed by atoms with van der Waals surface area (Å²) in [6.07, 6.45) is 1.78. The first kappa shape index (κ1) is 21.2. The van der Waals surface area contributed by atoms with Gasteiger partial charge in [-0.05, 0) is 37.3 Å². The highest BCUT2D eigenvalue weighted by atomic mass is 32.2. The number of pyridine rings is 1. The van der Waals surface area contributed by atoms with E-state index in [1.165, 1.54) is 26.2 Å². The number of nitrogens with one attached hydrogen (secondary N) is 1. The van der Waals surface area contributed by atoms with Crippen LogP contribution in [0.5, 0.6) is 0 Å². The number of aromatic nitrogens is 1. The Morgan fingerprint density at radius 3 is 2.45 bits per heavy atom. The molecule has 8 nitrogen and oxygen atoms in total. The molecule has 9 heteroatoms. The molecule has 0 bridgehead atoms. The standard InChI is InChI=1S/C20H27N5O3S/c1-16(24-11-13-25(14-12-24)19-9-4-5-10-21-19)20(26)22-17-7-6-8-18(15-17)29(27,28)23(2)3/h4-10,15-16H,11-14H2,1-3H3,(H,22,26)/t16-/m0/s1. The van der Waals surface area contributed by atoms with Gasteiger partial charge >= 0.3 is 0 Å². The van der Waals surface area contributed by atoms with Gasteiger partial charge in [-0.25, -0.2) is 17.7 Å². The minimum absolute atomic E-state index is 0.150. The molecule has 0 saturated carbocycles. The molecule has 2 heterocycles. The zero-order chi connectivity index (χ0) is 21.0. The van der Waals surface area contributed by atoms with E-state index in [1.807, 2.05) is 25.1 Å². The molecule has 1 atom stereocenters. The van der Waals surface area contributed by atoms with Crippen LogP contribution in [0.1, 0.15) is 6.92 Å². The molecule has 29 heavy (non-hydrogen) atoms. The van der Waals surface area contributed by atoms with Gasteiger partial charge in [-0.2, -0.15) is 0 Å². The zero-order valence-corrected chi connectivity index (χ0v) is 17.8. The van der Waals surface area contributed by atoms with Crippen molar-refractivity contribution in [3.63, 3.8) is 0 Å². The highest BCUT2D eigenvalue weighted by Crippen LogP contribution is 2.19. The number of rotatable bonds is 6. The third kappa shape index (κ3) is 4.92. The summed E-state index contributed by atoms with van der Waals surface area (Å²) in [5, 5.41) is 2.84. The van der Waals surface area contributed by atoms with Crippen LogP contribution >= 0.6 is 0 Å². The van der Waals surface area contributed by atoms with Gasteiger partial charge in [0.1, 0.15) is 5.82 Å². The molecule has 0 radical (unpaired) electrons. The molecule has 1 aliphatic rings. The Hall–Kier alpha value is -2.49. The van der Waals surface area contributed by atoms with Crippen LogP contribution in [0, 0.1) is 0 Å². The Labute approximate surface area is 172 Å². The van der Waals surface area contributed by atoms with Crippen LogP contribution in [0.15, 0.2) is 53.6 Å². The number of amides is 1. The molecule has 1 amide bonds. The number of carbonyl (C=O) groups is 1. The molecule has 0 spiro atoms. The zero-order valence-electron chi connectivity index (χ0n) is 16.9. The number of hydrogen-bond donors (Lipinski definition) is 1. The molecular formula is C20H27N5O3S. The van der Waals surface area contributed by atoms with Gasteiger partial charge in [0.05, 0.1) is 10.9 Å². The second-order valence-corrected chi connectivity index (χ2v) is 9.34. The fourth-order valence-corrected chi connectivity index (χ4v) is 4.18. The molecule has 1 aliphatic heterocycles. The van der Waals surface area contributed by atoms with Crippen LogP contribution in [0.4, 0.5) is 11.5 Å². The van der Waals surface area contributed by atoms with Crippen LogP contribution in [0.2, 0.25) is 0 Å². The van der Waals surface area contributed by atoms with Crippen LogP contribution in [0.25, 0.3) is 0 Å². The third-order valence-corrected chi connectivity index (χ3v) is 6.91. The SMILES string of the molecule is C[C@@H](C(=O)Nc1cccc(S(=O)(=O)N(C)C)c1)N1CCN(c2ccccn2)CC1. The van der Waals surface area contributed by atoms with Crippen molar-refractivity contribution in [2.75, 3.05) is 50.5 Å². The Balaban J connectivity index is 1.60. The van der Waals surface area contributed by atoms with E-state index in [-0.39, 0.29) is 16.8 Å². The molecule has 1 saturated heterocycles. The Bertz CT molecular complexity index is 942. The van der Waals surface area contributed by atoms with Gasteiger partial charge in [0, 0.05) is 52.2 Å². The fraction of sp³-hybridized carbons (Fsp3) is 0.400. The lowest BCUT2D eigenvalue weighted by Gasteiger charge is -2.37. The Kier molecular flexibility index (Phi) is 6.51. The number of benzene rings is 1. The molecule has 156 valence electrons. The molecule has 0 unspecified atom stereocenters. The first-order chi connectivity index (χ1) is 13.8. The van der Waals surface area contributed by atoms with E-state index in [0.717, 1.165) is 36.3 Å². The Morgan fingerprint density at radius 1 is 1.10 bits per heavy atom. The predicted molar refractivity (Wildman–Crippen MR) is 113 cm³/mol. The summed E-state index contributed by atoms with van der Waals surface area (Å²) in [5.41, 5.74) is 0.469. The maximum atomic E-state index is 12.7. The number of hydrogen-bond acceptors (Lipinski definition) is 6. The normalized spacial score (nSPS) is 16.6. The highest BCUT2D eigenvalue weighted by Gasteiger charge is 2.26. The largest absolute Gasteiger partial charge is 0.354 e. The first-order valence-electron chi connectivity index (χ1n) is 9.52. The van der Waals surface area contributed by atoms with Crippen LogP contribution in [0.3, 0.4) is 0 Å². The van der Waals surface area contributed by atoms with Gasteiger partial charge in [-0.15, -0.1) is 0 Å². The maximum Gasteiger partial charge on any atom is 0.242 e. The van der Waals surface area contributed by atoms with E-state index in [1.54, 1.807) is 18.3 Å². The van der Waals surface area contributed by atoms with Crippen molar-refractivity contribution >= 4 is 27.4 Å². The molecular weight excluding hydrogens is 390 g/mol.